The van der Waals surface area contributed by atoms with Crippen molar-refractivity contribution in [3.63, 3.8) is 0 Å². The zero-order valence-electron chi connectivity index (χ0n) is 40.3. The van der Waals surface area contributed by atoms with Crippen LogP contribution in [0.3, 0.4) is 0 Å². The molecule has 0 saturated heterocycles. The smallest absolute Gasteiger partial charge is 0.328 e. The molecular formula is C47H52N2O24. The van der Waals surface area contributed by atoms with Gasteiger partial charge in [-0.2, -0.15) is 0 Å². The van der Waals surface area contributed by atoms with Crippen LogP contribution in [0.4, 0.5) is 5.69 Å². The Morgan fingerprint density at radius 1 is 0.493 bits per heavy atom. The van der Waals surface area contributed by atoms with Crippen molar-refractivity contribution in [2.75, 3.05) is 98.2 Å². The van der Waals surface area contributed by atoms with Crippen LogP contribution >= 0.6 is 0 Å². The van der Waals surface area contributed by atoms with Crippen molar-refractivity contribution >= 4 is 70.4 Å². The predicted molar refractivity (Wildman–Crippen MR) is 244 cm³/mol. The van der Waals surface area contributed by atoms with E-state index in [1.165, 1.54) is 41.0 Å². The van der Waals surface area contributed by atoms with Gasteiger partial charge in [-0.25, -0.2) is 0 Å². The molecule has 2 aromatic carbocycles. The van der Waals surface area contributed by atoms with E-state index in [1.54, 1.807) is 30.3 Å². The molecule has 0 aromatic heterocycles. The van der Waals surface area contributed by atoms with Gasteiger partial charge < -0.3 is 70.9 Å². The summed E-state index contributed by atoms with van der Waals surface area (Å²) in [4.78, 5) is 123. The SMILES string of the molecule is CC(=O)OCOCOC(=O)CN(CC(=O)OCOC(C)=O)c1ccc(-c2c3ccc(=O)cc-3oc3cc(OCOC(C)=O)ccc23)cc1OCCOCCN(CC(=O)OCOC(C)=O)CC(=O)OCOC(C)=O. The Labute approximate surface area is 415 Å². The van der Waals surface area contributed by atoms with Crippen LogP contribution in [0.25, 0.3) is 33.4 Å². The maximum absolute atomic E-state index is 13.2. The van der Waals surface area contributed by atoms with Gasteiger partial charge in [0.25, 0.3) is 0 Å². The highest BCUT2D eigenvalue weighted by atomic mass is 16.8. The molecule has 394 valence electrons. The lowest BCUT2D eigenvalue weighted by Gasteiger charge is -2.26. The molecule has 0 bridgehead atoms. The quantitative estimate of drug-likeness (QED) is 0.0238. The third kappa shape index (κ3) is 20.9. The second-order valence-electron chi connectivity index (χ2n) is 14.8. The van der Waals surface area contributed by atoms with E-state index in [0.717, 1.165) is 27.7 Å². The molecule has 0 fully saturated rings. The maximum atomic E-state index is 13.2. The van der Waals surface area contributed by atoms with Gasteiger partial charge in [0.05, 0.1) is 32.0 Å². The van der Waals surface area contributed by atoms with E-state index < -0.39 is 114 Å². The lowest BCUT2D eigenvalue weighted by atomic mass is 9.93. The van der Waals surface area contributed by atoms with Crippen LogP contribution in [-0.4, -0.2) is 152 Å². The number of fused-ring (bicyclic) bond motifs is 2. The molecule has 26 heteroatoms. The summed E-state index contributed by atoms with van der Waals surface area (Å²) in [6, 6.07) is 13.8. The van der Waals surface area contributed by atoms with E-state index in [4.69, 9.17) is 51.8 Å². The molecule has 2 aromatic rings. The number of nitrogens with zero attached hydrogens (tertiary/aromatic N) is 2. The molecule has 0 spiro atoms. The summed E-state index contributed by atoms with van der Waals surface area (Å²) < 4.78 is 72.4. The van der Waals surface area contributed by atoms with Crippen LogP contribution in [0.15, 0.2) is 63.8 Å². The van der Waals surface area contributed by atoms with Gasteiger partial charge in [-0.1, -0.05) is 6.07 Å². The molecule has 2 aliphatic rings. The molecule has 0 unspecified atom stereocenters. The normalized spacial score (nSPS) is 10.7. The summed E-state index contributed by atoms with van der Waals surface area (Å²) >= 11 is 0. The number of anilines is 1. The lowest BCUT2D eigenvalue weighted by molar-refractivity contribution is -0.174. The Morgan fingerprint density at radius 2 is 1.03 bits per heavy atom. The molecule has 0 amide bonds. The minimum absolute atomic E-state index is 0.0457. The van der Waals surface area contributed by atoms with E-state index in [0.29, 0.717) is 22.1 Å². The van der Waals surface area contributed by atoms with Gasteiger partial charge in [-0.3, -0.25) is 52.8 Å². The highest BCUT2D eigenvalue weighted by Gasteiger charge is 2.25. The third-order valence-corrected chi connectivity index (χ3v) is 9.22. The number of hydrogen-bond donors (Lipinski definition) is 0. The summed E-state index contributed by atoms with van der Waals surface area (Å²) in [6.07, 6.45) is 0. The van der Waals surface area contributed by atoms with Crippen LogP contribution in [0.2, 0.25) is 0 Å². The topological polar surface area (TPSA) is 310 Å². The Morgan fingerprint density at radius 3 is 1.62 bits per heavy atom. The van der Waals surface area contributed by atoms with Crippen molar-refractivity contribution < 1.29 is 109 Å². The minimum atomic E-state index is -0.949. The van der Waals surface area contributed by atoms with Crippen molar-refractivity contribution in [3.8, 4) is 33.9 Å². The molecule has 0 saturated carbocycles. The molecular weight excluding hydrogens is 977 g/mol. The zero-order valence-corrected chi connectivity index (χ0v) is 40.3. The second-order valence-corrected chi connectivity index (χ2v) is 14.8. The molecule has 0 N–H and O–H groups in total. The first-order valence-electron chi connectivity index (χ1n) is 21.7. The van der Waals surface area contributed by atoms with Gasteiger partial charge in [0.15, 0.2) is 19.0 Å². The molecule has 1 heterocycles. The lowest BCUT2D eigenvalue weighted by Crippen LogP contribution is -2.38. The molecule has 0 atom stereocenters. The molecule has 73 heavy (non-hydrogen) atoms. The first kappa shape index (κ1) is 57.2. The average molecular weight is 1030 g/mol. The minimum Gasteiger partial charge on any atom is -0.489 e. The van der Waals surface area contributed by atoms with Gasteiger partial charge in [0, 0.05) is 69.8 Å². The largest absolute Gasteiger partial charge is 0.489 e. The van der Waals surface area contributed by atoms with Crippen LogP contribution in [0.1, 0.15) is 34.6 Å². The summed E-state index contributed by atoms with van der Waals surface area (Å²) in [5.41, 5.74) is 1.51. The van der Waals surface area contributed by atoms with Gasteiger partial charge >= 0.3 is 53.7 Å². The van der Waals surface area contributed by atoms with Gasteiger partial charge in [-0.05, 0) is 42.0 Å². The van der Waals surface area contributed by atoms with Gasteiger partial charge in [0.1, 0.15) is 42.5 Å². The van der Waals surface area contributed by atoms with E-state index >= 15 is 0 Å². The average Bonchev–Trinajstić information content (AvgIpc) is 3.30. The highest BCUT2D eigenvalue weighted by Crippen LogP contribution is 2.43. The number of ether oxygens (including phenoxy) is 13. The van der Waals surface area contributed by atoms with E-state index in [1.807, 2.05) is 0 Å². The van der Waals surface area contributed by atoms with Crippen molar-refractivity contribution in [2.45, 2.75) is 34.6 Å². The fraction of sp³-hybridized carbons (Fsp3) is 0.404. The number of rotatable bonds is 30. The van der Waals surface area contributed by atoms with E-state index in [-0.39, 0.29) is 67.1 Å². The summed E-state index contributed by atoms with van der Waals surface area (Å²) in [7, 11) is 0. The van der Waals surface area contributed by atoms with Crippen molar-refractivity contribution in [1.82, 2.24) is 4.90 Å². The monoisotopic (exact) mass is 1030 g/mol. The van der Waals surface area contributed by atoms with Crippen molar-refractivity contribution in [2.24, 2.45) is 0 Å². The van der Waals surface area contributed by atoms with Crippen LogP contribution < -0.4 is 19.8 Å². The van der Waals surface area contributed by atoms with Gasteiger partial charge in [-0.15, -0.1) is 0 Å². The first-order chi connectivity index (χ1) is 34.9. The molecule has 0 radical (unpaired) electrons. The summed E-state index contributed by atoms with van der Waals surface area (Å²) in [5.74, 6) is -6.43. The summed E-state index contributed by atoms with van der Waals surface area (Å²) in [5, 5.41) is 0.520. The Balaban J connectivity index is 1.68. The first-order valence-corrected chi connectivity index (χ1v) is 21.7. The number of carbonyl (C=O) groups is 9. The molecule has 1 aliphatic heterocycles. The number of hydrogen-bond acceptors (Lipinski definition) is 26. The highest BCUT2D eigenvalue weighted by molar-refractivity contribution is 6.02. The number of benzene rings is 3. The number of carbonyl (C=O) groups excluding carboxylic acids is 9. The van der Waals surface area contributed by atoms with Crippen LogP contribution in [-0.2, 0) is 95.3 Å². The maximum Gasteiger partial charge on any atom is 0.328 e. The fourth-order valence-electron chi connectivity index (χ4n) is 6.09. The Hall–Kier alpha value is -8.36. The van der Waals surface area contributed by atoms with Crippen LogP contribution in [0, 0.1) is 0 Å². The van der Waals surface area contributed by atoms with Crippen molar-refractivity contribution in [1.29, 1.82) is 0 Å². The number of esters is 9. The standard InChI is InChI=1S/C47H52N2O24/c1-29(50)63-23-61-24-69-45(58)21-49(22-46(59)72-28-67-33(5)54)39-11-6-34(47-37-9-7-35(55)17-40(37)73-41-18-36(8-10-38(41)47)68-25-64-30(2)51)16-42(39)62-15-14-60-13-12-48(19-43(56)70-26-65-31(3)52)20-44(57)71-27-66-32(4)53/h6-11,16-18H,12-15,19-28H2,1-5H3. The third-order valence-electron chi connectivity index (χ3n) is 9.22. The predicted octanol–water partition coefficient (Wildman–Crippen LogP) is 2.20. The molecule has 4 rings (SSSR count). The Kier molecular flexibility index (Phi) is 23.3. The van der Waals surface area contributed by atoms with Crippen LogP contribution in [0.5, 0.6) is 11.5 Å². The van der Waals surface area contributed by atoms with E-state index in [9.17, 15) is 47.9 Å². The van der Waals surface area contributed by atoms with Crippen molar-refractivity contribution in [3.05, 3.63) is 64.8 Å². The van der Waals surface area contributed by atoms with E-state index in [2.05, 4.69) is 14.2 Å². The summed E-state index contributed by atoms with van der Waals surface area (Å²) in [6.45, 7) is -0.673. The molecule has 26 nitrogen and oxygen atoms in total. The fourth-order valence-corrected chi connectivity index (χ4v) is 6.09. The zero-order chi connectivity index (χ0) is 53.3. The molecule has 1 aliphatic carbocycles. The Bertz CT molecular complexity index is 2580. The van der Waals surface area contributed by atoms with Gasteiger partial charge in [0.2, 0.25) is 27.2 Å². The second kappa shape index (κ2) is 29.7.